The summed E-state index contributed by atoms with van der Waals surface area (Å²) in [6.45, 7) is 1.67. The number of halogens is 1. The quantitative estimate of drug-likeness (QED) is 0.761. The third kappa shape index (κ3) is 4.09. The monoisotopic (exact) mass is 337 g/mol. The Morgan fingerprint density at radius 2 is 2.25 bits per heavy atom. The predicted octanol–water partition coefficient (Wildman–Crippen LogP) is 3.24. The fourth-order valence-corrected chi connectivity index (χ4v) is 2.27. The Morgan fingerprint density at radius 3 is 2.95 bits per heavy atom. The highest BCUT2D eigenvalue weighted by Crippen LogP contribution is 2.21. The van der Waals surface area contributed by atoms with Gasteiger partial charge in [0.2, 0.25) is 0 Å². The lowest BCUT2D eigenvalue weighted by atomic mass is 10.1. The lowest BCUT2D eigenvalue weighted by molar-refractivity contribution is 0.0698. The first kappa shape index (κ1) is 14.6. The average Bonchev–Trinajstić information content (AvgIpc) is 2.92. The van der Waals surface area contributed by atoms with Crippen LogP contribution in [0.25, 0.3) is 0 Å². The molecule has 1 aromatic heterocycles. The van der Waals surface area contributed by atoms with Gasteiger partial charge in [-0.15, -0.1) is 0 Å². The molecule has 0 bridgehead atoms. The van der Waals surface area contributed by atoms with E-state index >= 15 is 0 Å². The zero-order valence-corrected chi connectivity index (χ0v) is 12.5. The smallest absolute Gasteiger partial charge is 0.337 e. The molecule has 5 nitrogen and oxygen atoms in total. The summed E-state index contributed by atoms with van der Waals surface area (Å²) >= 11 is 3.28. The average molecular weight is 338 g/mol. The number of aromatic carboxylic acids is 1. The number of nitrogens with one attached hydrogen (secondary N) is 1. The summed E-state index contributed by atoms with van der Waals surface area (Å²) in [5.41, 5.74) is 0.942. The van der Waals surface area contributed by atoms with Crippen LogP contribution in [0.5, 0.6) is 0 Å². The number of carboxylic acid groups (broad SMARTS) is 1. The third-order valence-corrected chi connectivity index (χ3v) is 3.42. The van der Waals surface area contributed by atoms with E-state index in [-0.39, 0.29) is 5.56 Å². The van der Waals surface area contributed by atoms with Gasteiger partial charge in [-0.2, -0.15) is 0 Å². The molecule has 0 amide bonds. The minimum atomic E-state index is -0.924. The van der Waals surface area contributed by atoms with Crippen molar-refractivity contribution < 1.29 is 9.90 Å². The fourth-order valence-electron chi connectivity index (χ4n) is 1.91. The highest BCUT2D eigenvalue weighted by Gasteiger charge is 2.09. The summed E-state index contributed by atoms with van der Waals surface area (Å²) in [4.78, 5) is 15.1. The second-order valence-corrected chi connectivity index (χ2v) is 5.35. The van der Waals surface area contributed by atoms with E-state index in [1.807, 2.05) is 16.8 Å². The van der Waals surface area contributed by atoms with Crippen molar-refractivity contribution in [1.29, 1.82) is 0 Å². The van der Waals surface area contributed by atoms with Gasteiger partial charge in [-0.3, -0.25) is 0 Å². The summed E-state index contributed by atoms with van der Waals surface area (Å²) in [6, 6.07) is 5.22. The van der Waals surface area contributed by atoms with Crippen LogP contribution in [0.15, 0.2) is 41.4 Å². The molecule has 0 aliphatic heterocycles. The number of nitrogens with zero attached hydrogens (tertiary/aromatic N) is 2. The number of anilines is 1. The Bertz CT molecular complexity index is 570. The van der Waals surface area contributed by atoms with Crippen LogP contribution in [0, 0.1) is 0 Å². The Hall–Kier alpha value is -1.82. The molecule has 2 N–H and O–H groups in total. The van der Waals surface area contributed by atoms with E-state index in [0.29, 0.717) is 5.69 Å². The van der Waals surface area contributed by atoms with Crippen LogP contribution >= 0.6 is 15.9 Å². The Labute approximate surface area is 125 Å². The molecule has 0 saturated heterocycles. The van der Waals surface area contributed by atoms with Crippen LogP contribution in [-0.2, 0) is 6.54 Å². The van der Waals surface area contributed by atoms with Gasteiger partial charge in [0.1, 0.15) is 0 Å². The molecule has 0 unspecified atom stereocenters. The summed E-state index contributed by atoms with van der Waals surface area (Å²) in [5, 5.41) is 12.3. The molecular weight excluding hydrogens is 322 g/mol. The number of aromatic nitrogens is 2. The number of unbranched alkanes of at least 4 members (excludes halogenated alkanes) is 1. The number of carboxylic acids is 1. The molecular formula is C14H16BrN3O2. The van der Waals surface area contributed by atoms with Gasteiger partial charge in [-0.25, -0.2) is 9.78 Å². The van der Waals surface area contributed by atoms with Crippen molar-refractivity contribution in [3.8, 4) is 0 Å². The van der Waals surface area contributed by atoms with E-state index in [4.69, 9.17) is 5.11 Å². The molecule has 0 saturated carbocycles. The molecule has 106 valence electrons. The van der Waals surface area contributed by atoms with Gasteiger partial charge in [0.05, 0.1) is 11.9 Å². The topological polar surface area (TPSA) is 67.2 Å². The van der Waals surface area contributed by atoms with Gasteiger partial charge in [0.25, 0.3) is 0 Å². The van der Waals surface area contributed by atoms with Gasteiger partial charge < -0.3 is 15.0 Å². The number of hydrogen-bond donors (Lipinski definition) is 2. The number of aryl methyl sites for hydroxylation is 1. The zero-order chi connectivity index (χ0) is 14.4. The van der Waals surface area contributed by atoms with Crippen molar-refractivity contribution in [2.75, 3.05) is 11.9 Å². The maximum atomic E-state index is 11.1. The van der Waals surface area contributed by atoms with Crippen molar-refractivity contribution in [1.82, 2.24) is 9.55 Å². The van der Waals surface area contributed by atoms with Crippen molar-refractivity contribution >= 4 is 27.6 Å². The maximum Gasteiger partial charge on any atom is 0.337 e. The molecule has 0 atom stereocenters. The van der Waals surface area contributed by atoms with Crippen LogP contribution in [0.2, 0.25) is 0 Å². The van der Waals surface area contributed by atoms with Crippen molar-refractivity contribution in [2.45, 2.75) is 19.4 Å². The van der Waals surface area contributed by atoms with Crippen molar-refractivity contribution in [3.63, 3.8) is 0 Å². The van der Waals surface area contributed by atoms with Gasteiger partial charge in [0.15, 0.2) is 0 Å². The molecule has 0 spiro atoms. The fraction of sp³-hybridized carbons (Fsp3) is 0.286. The van der Waals surface area contributed by atoms with Crippen molar-refractivity contribution in [2.24, 2.45) is 0 Å². The minimum Gasteiger partial charge on any atom is -0.478 e. The van der Waals surface area contributed by atoms with Gasteiger partial charge in [0, 0.05) is 35.6 Å². The second-order valence-electron chi connectivity index (χ2n) is 4.43. The van der Waals surface area contributed by atoms with E-state index < -0.39 is 5.97 Å². The molecule has 0 aliphatic rings. The van der Waals surface area contributed by atoms with Crippen LogP contribution in [0.4, 0.5) is 5.69 Å². The lowest BCUT2D eigenvalue weighted by Crippen LogP contribution is -2.08. The number of carbonyl (C=O) groups is 1. The van der Waals surface area contributed by atoms with Gasteiger partial charge >= 0.3 is 5.97 Å². The van der Waals surface area contributed by atoms with E-state index in [1.165, 1.54) is 0 Å². The van der Waals surface area contributed by atoms with E-state index in [9.17, 15) is 4.79 Å². The SMILES string of the molecule is O=C(O)c1cc(Br)ccc1NCCCCn1ccnc1. The first-order chi connectivity index (χ1) is 9.66. The lowest BCUT2D eigenvalue weighted by Gasteiger charge is -2.10. The van der Waals surface area contributed by atoms with E-state index in [1.54, 1.807) is 24.7 Å². The summed E-state index contributed by atoms with van der Waals surface area (Å²) in [7, 11) is 0. The summed E-state index contributed by atoms with van der Waals surface area (Å²) < 4.78 is 2.79. The molecule has 1 aromatic carbocycles. The van der Waals surface area contributed by atoms with Crippen LogP contribution in [0.3, 0.4) is 0 Å². The predicted molar refractivity (Wildman–Crippen MR) is 81.1 cm³/mol. The van der Waals surface area contributed by atoms with E-state index in [0.717, 1.165) is 30.4 Å². The molecule has 20 heavy (non-hydrogen) atoms. The largest absolute Gasteiger partial charge is 0.478 e. The first-order valence-corrected chi connectivity index (χ1v) is 7.18. The second kappa shape index (κ2) is 7.09. The Morgan fingerprint density at radius 1 is 1.40 bits per heavy atom. The minimum absolute atomic E-state index is 0.286. The molecule has 1 heterocycles. The van der Waals surface area contributed by atoms with Crippen LogP contribution in [-0.4, -0.2) is 27.2 Å². The zero-order valence-electron chi connectivity index (χ0n) is 10.9. The Kier molecular flexibility index (Phi) is 5.17. The maximum absolute atomic E-state index is 11.1. The molecule has 2 aromatic rings. The third-order valence-electron chi connectivity index (χ3n) is 2.93. The highest BCUT2D eigenvalue weighted by molar-refractivity contribution is 9.10. The van der Waals surface area contributed by atoms with Crippen LogP contribution < -0.4 is 5.32 Å². The van der Waals surface area contributed by atoms with Crippen molar-refractivity contribution in [3.05, 3.63) is 47.0 Å². The summed E-state index contributed by atoms with van der Waals surface area (Å²) in [5.74, 6) is -0.924. The normalized spacial score (nSPS) is 10.4. The first-order valence-electron chi connectivity index (χ1n) is 6.39. The highest BCUT2D eigenvalue weighted by atomic mass is 79.9. The number of benzene rings is 1. The summed E-state index contributed by atoms with van der Waals surface area (Å²) in [6.07, 6.45) is 7.48. The molecule has 2 rings (SSSR count). The van der Waals surface area contributed by atoms with Crippen LogP contribution in [0.1, 0.15) is 23.2 Å². The number of hydrogen-bond acceptors (Lipinski definition) is 3. The van der Waals surface area contributed by atoms with Gasteiger partial charge in [-0.05, 0) is 31.0 Å². The molecule has 6 heteroatoms. The van der Waals surface area contributed by atoms with E-state index in [2.05, 4.69) is 26.2 Å². The number of rotatable bonds is 7. The molecule has 0 radical (unpaired) electrons. The standard InChI is InChI=1S/C14H16BrN3O2/c15-11-3-4-13(12(9-11)14(19)20)17-5-1-2-7-18-8-6-16-10-18/h3-4,6,8-10,17H,1-2,5,7H2,(H,19,20). The molecule has 0 aliphatic carbocycles. The van der Waals surface area contributed by atoms with Gasteiger partial charge in [-0.1, -0.05) is 15.9 Å². The molecule has 0 fully saturated rings. The Balaban J connectivity index is 1.80. The number of imidazole rings is 1.